The molecule has 0 aromatic carbocycles. The first-order chi connectivity index (χ1) is 8.02. The molecule has 0 aromatic rings. The maximum Gasteiger partial charge on any atom is 0.175 e. The normalized spacial score (nSPS) is 31.9. The Labute approximate surface area is 112 Å². The number of ether oxygens (including phenoxy) is 2. The van der Waals surface area contributed by atoms with Crippen molar-refractivity contribution < 1.29 is 18.7 Å². The Hall–Kier alpha value is -0.233. The molecule has 1 fully saturated rings. The van der Waals surface area contributed by atoms with E-state index in [-0.39, 0.29) is 18.1 Å². The second kappa shape index (κ2) is 5.04. The predicted molar refractivity (Wildman–Crippen MR) is 73.1 cm³/mol. The highest BCUT2D eigenvalue weighted by Crippen LogP contribution is 2.43. The Bertz CT molecular complexity index is 309. The van der Waals surface area contributed by atoms with Crippen LogP contribution in [0.15, 0.2) is 0 Å². The van der Waals surface area contributed by atoms with Gasteiger partial charge in [-0.1, -0.05) is 20.8 Å². The molecule has 106 valence electrons. The largest absolute Gasteiger partial charge is 0.417 e. The minimum absolute atomic E-state index is 0.184. The van der Waals surface area contributed by atoms with E-state index in [9.17, 15) is 4.79 Å². The van der Waals surface area contributed by atoms with Crippen molar-refractivity contribution in [3.8, 4) is 0 Å². The van der Waals surface area contributed by atoms with Gasteiger partial charge in [-0.2, -0.15) is 0 Å². The molecule has 0 unspecified atom stereocenters. The number of aldehydes is 1. The lowest BCUT2D eigenvalue weighted by Gasteiger charge is -2.35. The Kier molecular flexibility index (Phi) is 4.43. The van der Waals surface area contributed by atoms with Crippen LogP contribution in [0.2, 0.25) is 13.1 Å². The number of carbonyl (C=O) groups is 1. The maximum absolute atomic E-state index is 11.6. The first-order valence-electron chi connectivity index (χ1n) is 6.48. The van der Waals surface area contributed by atoms with Crippen LogP contribution >= 0.6 is 0 Å². The van der Waals surface area contributed by atoms with Crippen molar-refractivity contribution in [3.05, 3.63) is 0 Å². The van der Waals surface area contributed by atoms with E-state index in [1.165, 1.54) is 0 Å². The van der Waals surface area contributed by atoms with Crippen molar-refractivity contribution in [1.29, 1.82) is 0 Å². The van der Waals surface area contributed by atoms with E-state index >= 15 is 0 Å². The first-order valence-corrected chi connectivity index (χ1v) is 9.26. The molecule has 0 amide bonds. The third kappa shape index (κ3) is 3.41. The van der Waals surface area contributed by atoms with Crippen LogP contribution in [0.4, 0.5) is 0 Å². The van der Waals surface area contributed by atoms with Crippen LogP contribution in [0.25, 0.3) is 0 Å². The standard InChI is InChI=1S/C13H26O4Si/c1-11(2,3)10-13(8-14,9-15-18(6)7)17-12(4,5)16-10/h8,10,18H,9H2,1-7H3/t10-,13+/m0/s1. The van der Waals surface area contributed by atoms with E-state index in [4.69, 9.17) is 13.9 Å². The van der Waals surface area contributed by atoms with Gasteiger partial charge in [-0.05, 0) is 32.4 Å². The first kappa shape index (κ1) is 15.8. The fourth-order valence-electron chi connectivity index (χ4n) is 2.35. The smallest absolute Gasteiger partial charge is 0.175 e. The van der Waals surface area contributed by atoms with Gasteiger partial charge in [0, 0.05) is 0 Å². The van der Waals surface area contributed by atoms with Gasteiger partial charge in [0.2, 0.25) is 0 Å². The Morgan fingerprint density at radius 2 is 1.89 bits per heavy atom. The van der Waals surface area contributed by atoms with Crippen molar-refractivity contribution in [1.82, 2.24) is 0 Å². The van der Waals surface area contributed by atoms with Crippen molar-refractivity contribution in [3.63, 3.8) is 0 Å². The molecule has 1 aliphatic heterocycles. The summed E-state index contributed by atoms with van der Waals surface area (Å²) in [5.41, 5.74) is -1.17. The fraction of sp³-hybridized carbons (Fsp3) is 0.923. The van der Waals surface area contributed by atoms with Gasteiger partial charge in [0.1, 0.15) is 6.10 Å². The van der Waals surface area contributed by atoms with Gasteiger partial charge in [-0.3, -0.25) is 4.79 Å². The van der Waals surface area contributed by atoms with Crippen LogP contribution in [0, 0.1) is 5.41 Å². The summed E-state index contributed by atoms with van der Waals surface area (Å²) in [6.45, 7) is 14.3. The summed E-state index contributed by atoms with van der Waals surface area (Å²) in [5.74, 6) is -0.749. The minimum atomic E-state index is -1.20. The lowest BCUT2D eigenvalue weighted by Crippen LogP contribution is -2.52. The topological polar surface area (TPSA) is 44.8 Å². The van der Waals surface area contributed by atoms with E-state index in [1.807, 2.05) is 34.6 Å². The molecule has 4 nitrogen and oxygen atoms in total. The SMILES string of the molecule is C[SiH](C)OC[C@@]1(C=O)OC(C)(C)O[C@H]1C(C)(C)C. The molecule has 0 aliphatic carbocycles. The monoisotopic (exact) mass is 274 g/mol. The minimum Gasteiger partial charge on any atom is -0.417 e. The molecule has 0 aromatic heterocycles. The van der Waals surface area contributed by atoms with Gasteiger partial charge in [-0.15, -0.1) is 0 Å². The molecule has 18 heavy (non-hydrogen) atoms. The fourth-order valence-corrected chi connectivity index (χ4v) is 2.94. The second-order valence-electron chi connectivity index (χ2n) is 6.80. The lowest BCUT2D eigenvalue weighted by atomic mass is 9.79. The van der Waals surface area contributed by atoms with E-state index in [2.05, 4.69) is 13.1 Å². The van der Waals surface area contributed by atoms with Crippen molar-refractivity contribution in [2.75, 3.05) is 6.61 Å². The Balaban J connectivity index is 3.01. The molecule has 0 bridgehead atoms. The van der Waals surface area contributed by atoms with Crippen LogP contribution in [0.5, 0.6) is 0 Å². The van der Waals surface area contributed by atoms with Gasteiger partial charge in [0.05, 0.1) is 6.61 Å². The van der Waals surface area contributed by atoms with E-state index in [0.29, 0.717) is 0 Å². The number of rotatable bonds is 4. The quantitative estimate of drug-likeness (QED) is 0.582. The predicted octanol–water partition coefficient (Wildman–Crippen LogP) is 2.12. The van der Waals surface area contributed by atoms with Gasteiger partial charge in [-0.25, -0.2) is 0 Å². The summed E-state index contributed by atoms with van der Waals surface area (Å²) in [5, 5.41) is 0. The van der Waals surface area contributed by atoms with Crippen LogP contribution in [0.3, 0.4) is 0 Å². The average Bonchev–Trinajstić information content (AvgIpc) is 2.48. The Morgan fingerprint density at radius 3 is 2.28 bits per heavy atom. The molecule has 0 spiro atoms. The molecule has 0 N–H and O–H groups in total. The van der Waals surface area contributed by atoms with Crippen molar-refractivity contribution >= 4 is 15.3 Å². The highest BCUT2D eigenvalue weighted by Gasteiger charge is 2.57. The summed E-state index contributed by atoms with van der Waals surface area (Å²) in [6, 6.07) is 0. The summed E-state index contributed by atoms with van der Waals surface area (Å²) in [7, 11) is -1.20. The van der Waals surface area contributed by atoms with Gasteiger partial charge in [0.15, 0.2) is 26.7 Å². The molecule has 1 heterocycles. The number of carbonyl (C=O) groups excluding carboxylic acids is 1. The van der Waals surface area contributed by atoms with Crippen LogP contribution < -0.4 is 0 Å². The third-order valence-corrected chi connectivity index (χ3v) is 3.74. The molecule has 0 saturated carbocycles. The molecule has 1 rings (SSSR count). The zero-order valence-corrected chi connectivity index (χ0v) is 13.7. The van der Waals surface area contributed by atoms with E-state index in [0.717, 1.165) is 6.29 Å². The zero-order valence-electron chi connectivity index (χ0n) is 12.6. The van der Waals surface area contributed by atoms with E-state index < -0.39 is 20.4 Å². The van der Waals surface area contributed by atoms with Gasteiger partial charge in [0.25, 0.3) is 0 Å². The van der Waals surface area contributed by atoms with Gasteiger partial charge >= 0.3 is 0 Å². The molecule has 1 aliphatic rings. The highest BCUT2D eigenvalue weighted by molar-refractivity contribution is 6.48. The molecule has 5 heteroatoms. The lowest BCUT2D eigenvalue weighted by molar-refractivity contribution is -0.172. The number of hydrogen-bond donors (Lipinski definition) is 0. The number of hydrogen-bond acceptors (Lipinski definition) is 4. The summed E-state index contributed by atoms with van der Waals surface area (Å²) in [4.78, 5) is 11.6. The van der Waals surface area contributed by atoms with Crippen LogP contribution in [-0.2, 0) is 18.7 Å². The van der Waals surface area contributed by atoms with Crippen LogP contribution in [0.1, 0.15) is 34.6 Å². The van der Waals surface area contributed by atoms with Crippen molar-refractivity contribution in [2.45, 2.75) is 65.2 Å². The second-order valence-corrected chi connectivity index (χ2v) is 9.23. The Morgan fingerprint density at radius 1 is 1.33 bits per heavy atom. The third-order valence-electron chi connectivity index (χ3n) is 2.91. The van der Waals surface area contributed by atoms with Crippen LogP contribution in [-0.4, -0.2) is 39.4 Å². The molecular formula is C13H26O4Si. The zero-order chi connectivity index (χ0) is 14.2. The van der Waals surface area contributed by atoms with Crippen molar-refractivity contribution in [2.24, 2.45) is 5.41 Å². The maximum atomic E-state index is 11.6. The van der Waals surface area contributed by atoms with Gasteiger partial charge < -0.3 is 13.9 Å². The molecule has 1 saturated heterocycles. The molecular weight excluding hydrogens is 248 g/mol. The highest BCUT2D eigenvalue weighted by atomic mass is 28.3. The average molecular weight is 274 g/mol. The summed E-state index contributed by atoms with van der Waals surface area (Å²) in [6.07, 6.45) is 0.555. The van der Waals surface area contributed by atoms with E-state index in [1.54, 1.807) is 0 Å². The summed E-state index contributed by atoms with van der Waals surface area (Å²) < 4.78 is 17.6. The molecule has 0 radical (unpaired) electrons. The summed E-state index contributed by atoms with van der Waals surface area (Å²) >= 11 is 0. The molecule has 2 atom stereocenters.